The van der Waals surface area contributed by atoms with Gasteiger partial charge in [0.15, 0.2) is 0 Å². The van der Waals surface area contributed by atoms with Gasteiger partial charge in [-0.25, -0.2) is 9.97 Å². The van der Waals surface area contributed by atoms with Gasteiger partial charge in [-0.3, -0.25) is 0 Å². The van der Waals surface area contributed by atoms with Crippen molar-refractivity contribution in [1.82, 2.24) is 9.97 Å². The molecule has 0 aromatic carbocycles. The van der Waals surface area contributed by atoms with Gasteiger partial charge in [-0.1, -0.05) is 15.9 Å². The van der Waals surface area contributed by atoms with Crippen LogP contribution in [0.1, 0.15) is 18.5 Å². The smallest absolute Gasteiger partial charge is 0.225 e. The number of rotatable bonds is 1. The zero-order valence-corrected chi connectivity index (χ0v) is 11.8. The molecular formula is C10H13Br2N3. The summed E-state index contributed by atoms with van der Waals surface area (Å²) < 4.78 is 0.971. The molecule has 0 N–H and O–H groups in total. The number of anilines is 1. The van der Waals surface area contributed by atoms with Crippen molar-refractivity contribution < 1.29 is 0 Å². The highest BCUT2D eigenvalue weighted by Gasteiger charge is 2.19. The van der Waals surface area contributed by atoms with Crippen LogP contribution in [-0.2, 0) is 0 Å². The second-order valence-electron chi connectivity index (χ2n) is 3.79. The lowest BCUT2D eigenvalue weighted by Crippen LogP contribution is -2.36. The van der Waals surface area contributed by atoms with Crippen LogP contribution in [-0.4, -0.2) is 27.9 Å². The van der Waals surface area contributed by atoms with E-state index in [-0.39, 0.29) is 0 Å². The number of piperidine rings is 1. The highest BCUT2D eigenvalue weighted by molar-refractivity contribution is 9.10. The molecular weight excluding hydrogens is 322 g/mol. The highest BCUT2D eigenvalue weighted by atomic mass is 79.9. The van der Waals surface area contributed by atoms with E-state index < -0.39 is 0 Å². The van der Waals surface area contributed by atoms with Crippen LogP contribution in [0.3, 0.4) is 0 Å². The van der Waals surface area contributed by atoms with Gasteiger partial charge < -0.3 is 4.90 Å². The number of halogens is 2. The molecule has 2 rings (SSSR count). The van der Waals surface area contributed by atoms with Gasteiger partial charge in [-0.2, -0.15) is 0 Å². The average Bonchev–Trinajstić information content (AvgIpc) is 2.22. The molecule has 1 aromatic heterocycles. The predicted molar refractivity (Wildman–Crippen MR) is 68.6 cm³/mol. The Bertz CT molecular complexity index is 357. The van der Waals surface area contributed by atoms with Crippen molar-refractivity contribution in [1.29, 1.82) is 0 Å². The first-order valence-electron chi connectivity index (χ1n) is 5.05. The Balaban J connectivity index is 2.18. The number of hydrogen-bond donors (Lipinski definition) is 0. The maximum absolute atomic E-state index is 4.48. The highest BCUT2D eigenvalue weighted by Crippen LogP contribution is 2.22. The topological polar surface area (TPSA) is 29.0 Å². The molecule has 0 saturated carbocycles. The molecule has 0 radical (unpaired) electrons. The third-order valence-electron chi connectivity index (χ3n) is 2.55. The summed E-state index contributed by atoms with van der Waals surface area (Å²) in [5.74, 6) is 0.847. The van der Waals surface area contributed by atoms with E-state index in [0.29, 0.717) is 4.83 Å². The lowest BCUT2D eigenvalue weighted by atomic mass is 10.1. The van der Waals surface area contributed by atoms with Crippen molar-refractivity contribution in [2.45, 2.75) is 24.6 Å². The number of hydrogen-bond acceptors (Lipinski definition) is 3. The number of nitrogens with zero attached hydrogens (tertiary/aromatic N) is 3. The lowest BCUT2D eigenvalue weighted by molar-refractivity contribution is 0.584. The standard InChI is InChI=1S/C10H13Br2N3/c1-7-9(12)5-13-10(14-7)15-4-2-3-8(11)6-15/h5,8H,2-4,6H2,1H3. The second kappa shape index (κ2) is 4.78. The summed E-state index contributed by atoms with van der Waals surface area (Å²) in [6, 6.07) is 0. The maximum Gasteiger partial charge on any atom is 0.225 e. The molecule has 1 atom stereocenters. The Morgan fingerprint density at radius 3 is 3.00 bits per heavy atom. The van der Waals surface area contributed by atoms with Crippen LogP contribution in [0.25, 0.3) is 0 Å². The summed E-state index contributed by atoms with van der Waals surface area (Å²) in [6.45, 7) is 4.05. The zero-order valence-electron chi connectivity index (χ0n) is 8.58. The van der Waals surface area contributed by atoms with Crippen molar-refractivity contribution in [3.8, 4) is 0 Å². The largest absolute Gasteiger partial charge is 0.340 e. The van der Waals surface area contributed by atoms with Gasteiger partial charge in [0.1, 0.15) is 0 Å². The Morgan fingerprint density at radius 1 is 1.53 bits per heavy atom. The Kier molecular flexibility index (Phi) is 3.61. The van der Waals surface area contributed by atoms with E-state index in [9.17, 15) is 0 Å². The van der Waals surface area contributed by atoms with Crippen LogP contribution in [0.5, 0.6) is 0 Å². The summed E-state index contributed by atoms with van der Waals surface area (Å²) in [5.41, 5.74) is 0.997. The van der Waals surface area contributed by atoms with Crippen molar-refractivity contribution in [2.75, 3.05) is 18.0 Å². The van der Waals surface area contributed by atoms with Gasteiger partial charge >= 0.3 is 0 Å². The van der Waals surface area contributed by atoms with E-state index in [0.717, 1.165) is 29.2 Å². The summed E-state index contributed by atoms with van der Waals surface area (Å²) in [7, 11) is 0. The molecule has 1 aromatic rings. The molecule has 15 heavy (non-hydrogen) atoms. The first-order valence-corrected chi connectivity index (χ1v) is 6.76. The molecule has 0 spiro atoms. The Morgan fingerprint density at radius 2 is 2.33 bits per heavy atom. The van der Waals surface area contributed by atoms with Gasteiger partial charge in [-0.05, 0) is 35.7 Å². The Labute approximate surface area is 107 Å². The fourth-order valence-electron chi connectivity index (χ4n) is 1.70. The average molecular weight is 335 g/mol. The van der Waals surface area contributed by atoms with E-state index in [1.807, 2.05) is 13.1 Å². The van der Waals surface area contributed by atoms with E-state index in [2.05, 4.69) is 46.7 Å². The van der Waals surface area contributed by atoms with Gasteiger partial charge in [0.05, 0.1) is 10.2 Å². The van der Waals surface area contributed by atoms with Crippen molar-refractivity contribution >= 4 is 37.8 Å². The van der Waals surface area contributed by atoms with Gasteiger partial charge in [0.25, 0.3) is 0 Å². The predicted octanol–water partition coefficient (Wildman–Crippen LogP) is 2.91. The third kappa shape index (κ3) is 2.69. The fourth-order valence-corrected chi connectivity index (χ4v) is 2.56. The second-order valence-corrected chi connectivity index (χ2v) is 5.94. The maximum atomic E-state index is 4.48. The molecule has 0 bridgehead atoms. The summed E-state index contributed by atoms with van der Waals surface area (Å²) in [5, 5.41) is 0. The van der Waals surface area contributed by atoms with Crippen LogP contribution >= 0.6 is 31.9 Å². The molecule has 1 fully saturated rings. The SMILES string of the molecule is Cc1nc(N2CCCC(Br)C2)ncc1Br. The fraction of sp³-hybridized carbons (Fsp3) is 0.600. The number of alkyl halides is 1. The number of aryl methyl sites for hydroxylation is 1. The van der Waals surface area contributed by atoms with E-state index in [1.165, 1.54) is 12.8 Å². The Hall–Kier alpha value is -0.160. The molecule has 0 amide bonds. The van der Waals surface area contributed by atoms with Crippen LogP contribution in [0.4, 0.5) is 5.95 Å². The summed E-state index contributed by atoms with van der Waals surface area (Å²) >= 11 is 7.06. The van der Waals surface area contributed by atoms with E-state index in [1.54, 1.807) is 0 Å². The quantitative estimate of drug-likeness (QED) is 0.739. The third-order valence-corrected chi connectivity index (χ3v) is 4.08. The molecule has 3 nitrogen and oxygen atoms in total. The van der Waals surface area contributed by atoms with Crippen molar-refractivity contribution in [3.63, 3.8) is 0 Å². The zero-order chi connectivity index (χ0) is 10.8. The van der Waals surface area contributed by atoms with Gasteiger partial charge in [0, 0.05) is 24.1 Å². The van der Waals surface area contributed by atoms with Crippen LogP contribution < -0.4 is 4.90 Å². The number of aromatic nitrogens is 2. The minimum atomic E-state index is 0.568. The normalized spacial score (nSPS) is 21.8. The van der Waals surface area contributed by atoms with Gasteiger partial charge in [-0.15, -0.1) is 0 Å². The van der Waals surface area contributed by atoms with Crippen LogP contribution in [0.2, 0.25) is 0 Å². The van der Waals surface area contributed by atoms with Crippen LogP contribution in [0, 0.1) is 6.92 Å². The van der Waals surface area contributed by atoms with Crippen LogP contribution in [0.15, 0.2) is 10.7 Å². The van der Waals surface area contributed by atoms with Crippen molar-refractivity contribution in [3.05, 3.63) is 16.4 Å². The molecule has 82 valence electrons. The molecule has 0 aliphatic carbocycles. The van der Waals surface area contributed by atoms with Gasteiger partial charge in [0.2, 0.25) is 5.95 Å². The lowest BCUT2D eigenvalue weighted by Gasteiger charge is -2.30. The molecule has 2 heterocycles. The molecule has 1 aliphatic rings. The molecule has 5 heteroatoms. The summed E-state index contributed by atoms with van der Waals surface area (Å²) in [4.78, 5) is 11.6. The first-order chi connectivity index (χ1) is 7.16. The van der Waals surface area contributed by atoms with E-state index >= 15 is 0 Å². The minimum Gasteiger partial charge on any atom is -0.340 e. The monoisotopic (exact) mass is 333 g/mol. The minimum absolute atomic E-state index is 0.568. The van der Waals surface area contributed by atoms with Crippen molar-refractivity contribution in [2.24, 2.45) is 0 Å². The molecule has 1 saturated heterocycles. The van der Waals surface area contributed by atoms with E-state index in [4.69, 9.17) is 0 Å². The molecule has 1 unspecified atom stereocenters. The molecule has 1 aliphatic heterocycles. The first kappa shape index (κ1) is 11.3. The summed E-state index contributed by atoms with van der Waals surface area (Å²) in [6.07, 6.45) is 4.27.